The number of nitrogens with one attached hydrogen (secondary N) is 1. The van der Waals surface area contributed by atoms with Gasteiger partial charge in [-0.15, -0.1) is 5.10 Å². The van der Waals surface area contributed by atoms with Crippen LogP contribution in [0.5, 0.6) is 0 Å². The Morgan fingerprint density at radius 3 is 2.67 bits per heavy atom. The van der Waals surface area contributed by atoms with Gasteiger partial charge in [-0.3, -0.25) is 0 Å². The van der Waals surface area contributed by atoms with Gasteiger partial charge in [0.1, 0.15) is 5.82 Å². The maximum absolute atomic E-state index is 13.2. The van der Waals surface area contributed by atoms with E-state index >= 15 is 0 Å². The summed E-state index contributed by atoms with van der Waals surface area (Å²) in [6.07, 6.45) is 8.30. The van der Waals surface area contributed by atoms with Crippen molar-refractivity contribution in [2.75, 3.05) is 0 Å². The summed E-state index contributed by atoms with van der Waals surface area (Å²) in [5.74, 6) is -0.235. The largest absolute Gasteiger partial charge is 0.310 e. The average Bonchev–Trinajstić information content (AvgIpc) is 3.10. The zero-order valence-corrected chi connectivity index (χ0v) is 13.5. The van der Waals surface area contributed by atoms with Gasteiger partial charge in [0.25, 0.3) is 0 Å². The molecule has 1 N–H and O–H groups in total. The minimum Gasteiger partial charge on any atom is -0.310 e. The van der Waals surface area contributed by atoms with E-state index in [-0.39, 0.29) is 5.82 Å². The van der Waals surface area contributed by atoms with Crippen molar-refractivity contribution < 1.29 is 4.39 Å². The van der Waals surface area contributed by atoms with Gasteiger partial charge in [-0.25, -0.2) is 4.39 Å². The number of benzene rings is 1. The molecule has 1 aromatic carbocycles. The second-order valence-corrected chi connectivity index (χ2v) is 6.42. The van der Waals surface area contributed by atoms with E-state index in [1.165, 1.54) is 44.2 Å². The van der Waals surface area contributed by atoms with E-state index in [2.05, 4.69) is 26.9 Å². The highest BCUT2D eigenvalue weighted by molar-refractivity contribution is 5.66. The molecule has 4 rings (SSSR count). The number of pyridine rings is 1. The van der Waals surface area contributed by atoms with Crippen LogP contribution in [0.25, 0.3) is 16.8 Å². The van der Waals surface area contributed by atoms with Crippen molar-refractivity contribution in [1.82, 2.24) is 25.4 Å². The molecule has 0 radical (unpaired) electrons. The fourth-order valence-electron chi connectivity index (χ4n) is 3.40. The summed E-state index contributed by atoms with van der Waals surface area (Å²) < 4.78 is 14.9. The Morgan fingerprint density at radius 2 is 1.88 bits per heavy atom. The topological polar surface area (TPSA) is 55.1 Å². The van der Waals surface area contributed by atoms with E-state index in [9.17, 15) is 4.39 Å². The summed E-state index contributed by atoms with van der Waals surface area (Å²) >= 11 is 0. The van der Waals surface area contributed by atoms with E-state index in [1.807, 2.05) is 6.20 Å². The molecule has 0 amide bonds. The van der Waals surface area contributed by atoms with Gasteiger partial charge in [-0.1, -0.05) is 31.4 Å². The molecule has 0 aliphatic heterocycles. The van der Waals surface area contributed by atoms with Crippen LogP contribution in [0.2, 0.25) is 0 Å². The second-order valence-electron chi connectivity index (χ2n) is 6.42. The molecule has 2 aromatic heterocycles. The number of halogens is 1. The first kappa shape index (κ1) is 15.2. The van der Waals surface area contributed by atoms with Crippen LogP contribution in [0.3, 0.4) is 0 Å². The van der Waals surface area contributed by atoms with Crippen molar-refractivity contribution in [2.24, 2.45) is 0 Å². The van der Waals surface area contributed by atoms with E-state index in [0.717, 1.165) is 28.9 Å². The molecular weight excluding hydrogens is 305 g/mol. The Balaban J connectivity index is 1.63. The van der Waals surface area contributed by atoms with Crippen LogP contribution in [0.4, 0.5) is 4.39 Å². The number of aromatic nitrogens is 4. The molecule has 0 atom stereocenters. The molecule has 3 aromatic rings. The minimum absolute atomic E-state index is 0.235. The molecule has 1 saturated carbocycles. The first-order chi connectivity index (χ1) is 11.8. The first-order valence-corrected chi connectivity index (χ1v) is 8.49. The Hall–Kier alpha value is -2.34. The van der Waals surface area contributed by atoms with Gasteiger partial charge in [0.15, 0.2) is 5.65 Å². The standard InChI is InChI=1S/C18H20FN5/c19-16-8-6-13(7-9-16)15-10-14(18-21-22-23-24(18)12-15)11-20-17-4-2-1-3-5-17/h6-10,12,17,20H,1-5,11H2. The number of hydrogen-bond donors (Lipinski definition) is 1. The number of tetrazole rings is 1. The molecule has 1 aliphatic carbocycles. The van der Waals surface area contributed by atoms with Gasteiger partial charge in [-0.05, 0) is 47.0 Å². The van der Waals surface area contributed by atoms with Crippen LogP contribution in [0.15, 0.2) is 36.5 Å². The minimum atomic E-state index is -0.235. The third kappa shape index (κ3) is 3.14. The lowest BCUT2D eigenvalue weighted by atomic mass is 9.95. The first-order valence-electron chi connectivity index (χ1n) is 8.49. The van der Waals surface area contributed by atoms with Crippen molar-refractivity contribution in [2.45, 2.75) is 44.7 Å². The Morgan fingerprint density at radius 1 is 1.08 bits per heavy atom. The number of hydrogen-bond acceptors (Lipinski definition) is 4. The fraction of sp³-hybridized carbons (Fsp3) is 0.389. The maximum Gasteiger partial charge on any atom is 0.183 e. The normalized spacial score (nSPS) is 15.9. The lowest BCUT2D eigenvalue weighted by Gasteiger charge is -2.23. The van der Waals surface area contributed by atoms with E-state index in [1.54, 1.807) is 16.6 Å². The number of rotatable bonds is 4. The molecule has 2 heterocycles. The van der Waals surface area contributed by atoms with Gasteiger partial charge in [-0.2, -0.15) is 4.52 Å². The summed E-state index contributed by atoms with van der Waals surface area (Å²) in [5, 5.41) is 15.6. The molecule has 5 nitrogen and oxygen atoms in total. The van der Waals surface area contributed by atoms with Gasteiger partial charge in [0.2, 0.25) is 0 Å². The summed E-state index contributed by atoms with van der Waals surface area (Å²) in [5.41, 5.74) is 3.76. The summed E-state index contributed by atoms with van der Waals surface area (Å²) in [6, 6.07) is 9.16. The predicted molar refractivity (Wildman–Crippen MR) is 89.9 cm³/mol. The number of nitrogens with zero attached hydrogens (tertiary/aromatic N) is 4. The van der Waals surface area contributed by atoms with Crippen LogP contribution in [0, 0.1) is 5.82 Å². The predicted octanol–water partition coefficient (Wildman–Crippen LogP) is 3.35. The monoisotopic (exact) mass is 325 g/mol. The molecule has 1 fully saturated rings. The third-order valence-corrected chi connectivity index (χ3v) is 4.74. The number of fused-ring (bicyclic) bond motifs is 1. The van der Waals surface area contributed by atoms with Crippen molar-refractivity contribution in [3.05, 3.63) is 47.9 Å². The van der Waals surface area contributed by atoms with Gasteiger partial charge < -0.3 is 5.32 Å². The van der Waals surface area contributed by atoms with Crippen LogP contribution in [0.1, 0.15) is 37.7 Å². The lowest BCUT2D eigenvalue weighted by Crippen LogP contribution is -2.30. The summed E-state index contributed by atoms with van der Waals surface area (Å²) in [4.78, 5) is 0. The molecule has 0 spiro atoms. The molecule has 1 aliphatic rings. The molecule has 0 bridgehead atoms. The zero-order chi connectivity index (χ0) is 16.4. The van der Waals surface area contributed by atoms with Gasteiger partial charge >= 0.3 is 0 Å². The lowest BCUT2D eigenvalue weighted by molar-refractivity contribution is 0.372. The van der Waals surface area contributed by atoms with Crippen LogP contribution in [-0.4, -0.2) is 26.1 Å². The van der Waals surface area contributed by atoms with E-state index in [0.29, 0.717) is 6.04 Å². The quantitative estimate of drug-likeness (QED) is 0.799. The van der Waals surface area contributed by atoms with Crippen LogP contribution < -0.4 is 5.32 Å². The summed E-state index contributed by atoms with van der Waals surface area (Å²) in [6.45, 7) is 0.740. The molecule has 24 heavy (non-hydrogen) atoms. The highest BCUT2D eigenvalue weighted by atomic mass is 19.1. The SMILES string of the molecule is Fc1ccc(-c2cc(CNC3CCCCC3)c3nnnn3c2)cc1. The van der Waals surface area contributed by atoms with Crippen molar-refractivity contribution in [3.63, 3.8) is 0 Å². The van der Waals surface area contributed by atoms with Crippen molar-refractivity contribution in [3.8, 4) is 11.1 Å². The average molecular weight is 325 g/mol. The highest BCUT2D eigenvalue weighted by Crippen LogP contribution is 2.23. The van der Waals surface area contributed by atoms with Crippen LogP contribution >= 0.6 is 0 Å². The van der Waals surface area contributed by atoms with E-state index < -0.39 is 0 Å². The summed E-state index contributed by atoms with van der Waals surface area (Å²) in [7, 11) is 0. The highest BCUT2D eigenvalue weighted by Gasteiger charge is 2.15. The smallest absolute Gasteiger partial charge is 0.183 e. The molecular formula is C18H20FN5. The second kappa shape index (κ2) is 6.65. The third-order valence-electron chi connectivity index (χ3n) is 4.74. The Labute approximate surface area is 139 Å². The van der Waals surface area contributed by atoms with Crippen molar-refractivity contribution in [1.29, 1.82) is 0 Å². The van der Waals surface area contributed by atoms with Gasteiger partial charge in [0.05, 0.1) is 0 Å². The Kier molecular flexibility index (Phi) is 4.21. The molecule has 124 valence electrons. The van der Waals surface area contributed by atoms with Crippen molar-refractivity contribution >= 4 is 5.65 Å². The maximum atomic E-state index is 13.2. The fourth-order valence-corrected chi connectivity index (χ4v) is 3.40. The molecule has 6 heteroatoms. The zero-order valence-electron chi connectivity index (χ0n) is 13.5. The molecule has 0 saturated heterocycles. The van der Waals surface area contributed by atoms with Gasteiger partial charge in [0, 0.05) is 29.9 Å². The molecule has 0 unspecified atom stereocenters. The Bertz CT molecular complexity index is 821. The van der Waals surface area contributed by atoms with Crippen LogP contribution in [-0.2, 0) is 6.54 Å². The van der Waals surface area contributed by atoms with E-state index in [4.69, 9.17) is 0 Å².